The van der Waals surface area contributed by atoms with Gasteiger partial charge >= 0.3 is 0 Å². The van der Waals surface area contributed by atoms with Crippen molar-refractivity contribution in [3.05, 3.63) is 59.9 Å². The zero-order valence-corrected chi connectivity index (χ0v) is 24.8. The summed E-state index contributed by atoms with van der Waals surface area (Å²) in [5, 5.41) is 0. The average molecular weight is 603 g/mol. The maximum Gasteiger partial charge on any atom is 0.267 e. The highest BCUT2D eigenvalue weighted by atomic mass is 32.2. The van der Waals surface area contributed by atoms with Gasteiger partial charge in [-0.3, -0.25) is 19.5 Å². The zero-order chi connectivity index (χ0) is 29.9. The number of morpholine rings is 1. The van der Waals surface area contributed by atoms with Crippen LogP contribution in [0.2, 0.25) is 0 Å². The van der Waals surface area contributed by atoms with Gasteiger partial charge in [0.2, 0.25) is 5.88 Å². The van der Waals surface area contributed by atoms with Crippen molar-refractivity contribution in [2.45, 2.75) is 31.3 Å². The quantitative estimate of drug-likeness (QED) is 0.394. The fraction of sp³-hybridized carbons (Fsp3) is 0.448. The molecule has 3 aromatic rings. The molecule has 226 valence electrons. The minimum absolute atomic E-state index is 0.0597. The number of aromatic nitrogens is 2. The van der Waals surface area contributed by atoms with Gasteiger partial charge in [0.25, 0.3) is 10.0 Å². The molecule has 2 fully saturated rings. The van der Waals surface area contributed by atoms with Crippen molar-refractivity contribution in [2.75, 3.05) is 69.2 Å². The average Bonchev–Trinajstić information content (AvgIpc) is 3.00. The van der Waals surface area contributed by atoms with E-state index in [1.165, 1.54) is 37.6 Å². The van der Waals surface area contributed by atoms with Gasteiger partial charge in [-0.15, -0.1) is 0 Å². The first-order valence-corrected chi connectivity index (χ1v) is 15.4. The first-order chi connectivity index (χ1) is 20.2. The van der Waals surface area contributed by atoms with Crippen molar-refractivity contribution in [1.82, 2.24) is 19.8 Å². The second kappa shape index (κ2) is 12.9. The number of hydrogen-bond donors (Lipinski definition) is 1. The fourth-order valence-corrected chi connectivity index (χ4v) is 6.39. The van der Waals surface area contributed by atoms with Gasteiger partial charge in [0.15, 0.2) is 16.5 Å². The largest absolute Gasteiger partial charge is 0.480 e. The Kier molecular flexibility index (Phi) is 9.21. The van der Waals surface area contributed by atoms with E-state index in [0.717, 1.165) is 26.2 Å². The zero-order valence-electron chi connectivity index (χ0n) is 24.0. The molecule has 0 unspecified atom stereocenters. The van der Waals surface area contributed by atoms with E-state index >= 15 is 8.78 Å². The standard InChI is InChI=1S/C29H36F2N6O4S/c1-20(2)36-10-8-35(9-11-36)19-21-4-5-24(28(31)27(21)30)25-16-22(6-7-32-25)34-42(38,39)26-17-23(18-33-29(26)40-3)37-12-14-41-15-13-37/h4-7,16-18,20H,8-15,19H2,1-3H3,(H,32,34). The summed E-state index contributed by atoms with van der Waals surface area (Å²) in [6, 6.07) is 7.80. The number of anilines is 2. The second-order valence-electron chi connectivity index (χ2n) is 10.6. The number of sulfonamides is 1. The molecular weight excluding hydrogens is 566 g/mol. The Morgan fingerprint density at radius 3 is 2.43 bits per heavy atom. The van der Waals surface area contributed by atoms with E-state index in [4.69, 9.17) is 9.47 Å². The topological polar surface area (TPSA) is 100 Å². The molecule has 42 heavy (non-hydrogen) atoms. The third kappa shape index (κ3) is 6.64. The van der Waals surface area contributed by atoms with Gasteiger partial charge in [0.1, 0.15) is 0 Å². The third-order valence-corrected chi connectivity index (χ3v) is 9.02. The summed E-state index contributed by atoms with van der Waals surface area (Å²) in [7, 11) is -2.83. The minimum Gasteiger partial charge on any atom is -0.480 e. The molecule has 4 heterocycles. The molecule has 0 radical (unpaired) electrons. The Morgan fingerprint density at radius 1 is 1.00 bits per heavy atom. The highest BCUT2D eigenvalue weighted by Crippen LogP contribution is 2.31. The van der Waals surface area contributed by atoms with Crippen LogP contribution in [0.4, 0.5) is 20.2 Å². The summed E-state index contributed by atoms with van der Waals surface area (Å²) in [4.78, 5) is 14.7. The van der Waals surface area contributed by atoms with E-state index in [1.54, 1.807) is 12.3 Å². The van der Waals surface area contributed by atoms with Crippen LogP contribution in [-0.2, 0) is 21.3 Å². The highest BCUT2D eigenvalue weighted by Gasteiger charge is 2.25. The number of nitrogens with one attached hydrogen (secondary N) is 1. The van der Waals surface area contributed by atoms with Crippen LogP contribution in [0.1, 0.15) is 19.4 Å². The first kappa shape index (κ1) is 30.1. The summed E-state index contributed by atoms with van der Waals surface area (Å²) >= 11 is 0. The number of methoxy groups -OCH3 is 1. The number of halogens is 2. The van der Waals surface area contributed by atoms with E-state index < -0.39 is 21.7 Å². The lowest BCUT2D eigenvalue weighted by molar-refractivity contribution is 0.103. The summed E-state index contributed by atoms with van der Waals surface area (Å²) in [5.41, 5.74) is 1.05. The van der Waals surface area contributed by atoms with E-state index in [2.05, 4.69) is 38.3 Å². The Hall–Kier alpha value is -3.39. The molecule has 2 aliphatic heterocycles. The van der Waals surface area contributed by atoms with Crippen molar-refractivity contribution >= 4 is 21.4 Å². The number of rotatable bonds is 9. The molecule has 5 rings (SSSR count). The van der Waals surface area contributed by atoms with Gasteiger partial charge in [-0.25, -0.2) is 22.2 Å². The van der Waals surface area contributed by atoms with Crippen molar-refractivity contribution in [3.63, 3.8) is 0 Å². The maximum atomic E-state index is 15.3. The normalized spacial score (nSPS) is 17.0. The number of pyridine rings is 2. The minimum atomic E-state index is -4.17. The van der Waals surface area contributed by atoms with Crippen molar-refractivity contribution in [2.24, 2.45) is 0 Å². The fourth-order valence-electron chi connectivity index (χ4n) is 5.20. The second-order valence-corrected chi connectivity index (χ2v) is 12.3. The molecule has 13 heteroatoms. The third-order valence-electron chi connectivity index (χ3n) is 7.64. The van der Waals surface area contributed by atoms with Gasteiger partial charge in [-0.05, 0) is 38.1 Å². The van der Waals surface area contributed by atoms with Crippen LogP contribution in [0.3, 0.4) is 0 Å². The smallest absolute Gasteiger partial charge is 0.267 e. The van der Waals surface area contributed by atoms with Crippen LogP contribution in [0, 0.1) is 11.6 Å². The molecule has 0 aliphatic carbocycles. The molecule has 10 nitrogen and oxygen atoms in total. The maximum absolute atomic E-state index is 15.3. The van der Waals surface area contributed by atoms with Crippen LogP contribution in [0.5, 0.6) is 5.88 Å². The monoisotopic (exact) mass is 602 g/mol. The Balaban J connectivity index is 1.34. The highest BCUT2D eigenvalue weighted by molar-refractivity contribution is 7.92. The van der Waals surface area contributed by atoms with Crippen molar-refractivity contribution in [3.8, 4) is 17.1 Å². The lowest BCUT2D eigenvalue weighted by Crippen LogP contribution is -2.48. The van der Waals surface area contributed by atoms with E-state index in [0.29, 0.717) is 44.6 Å². The summed E-state index contributed by atoms with van der Waals surface area (Å²) < 4.78 is 70.5. The van der Waals surface area contributed by atoms with Crippen LogP contribution >= 0.6 is 0 Å². The number of benzene rings is 1. The Labute approximate surface area is 245 Å². The van der Waals surface area contributed by atoms with E-state index in [1.807, 2.05) is 4.90 Å². The van der Waals surface area contributed by atoms with Gasteiger partial charge in [-0.2, -0.15) is 0 Å². The van der Waals surface area contributed by atoms with E-state index in [-0.39, 0.29) is 33.3 Å². The molecule has 1 aromatic carbocycles. The number of hydrogen-bond acceptors (Lipinski definition) is 9. The SMILES string of the molecule is COc1ncc(N2CCOCC2)cc1S(=O)(=O)Nc1ccnc(-c2ccc(CN3CCN(C(C)C)CC3)c(F)c2F)c1. The molecule has 2 aromatic heterocycles. The van der Waals surface area contributed by atoms with Crippen LogP contribution in [-0.4, -0.2) is 93.8 Å². The number of nitrogens with zero attached hydrogens (tertiary/aromatic N) is 5. The van der Waals surface area contributed by atoms with Crippen molar-refractivity contribution in [1.29, 1.82) is 0 Å². The van der Waals surface area contributed by atoms with Crippen LogP contribution in [0.15, 0.2) is 47.6 Å². The van der Waals surface area contributed by atoms with Crippen LogP contribution in [0.25, 0.3) is 11.3 Å². The van der Waals surface area contributed by atoms with Gasteiger partial charge in [0.05, 0.1) is 43.6 Å². The summed E-state index contributed by atoms with van der Waals surface area (Å²) in [6.07, 6.45) is 2.90. The summed E-state index contributed by atoms with van der Waals surface area (Å²) in [6.45, 7) is 10.2. The van der Waals surface area contributed by atoms with E-state index in [9.17, 15) is 8.42 Å². The molecule has 0 saturated carbocycles. The molecule has 0 atom stereocenters. The van der Waals surface area contributed by atoms with Crippen molar-refractivity contribution < 1.29 is 26.7 Å². The Bertz CT molecular complexity index is 1510. The van der Waals surface area contributed by atoms with Crippen LogP contribution < -0.4 is 14.4 Å². The molecular formula is C29H36F2N6O4S. The molecule has 0 spiro atoms. The molecule has 0 bridgehead atoms. The molecule has 0 amide bonds. The van der Waals surface area contributed by atoms with Gasteiger partial charge in [0, 0.05) is 69.2 Å². The molecule has 2 aliphatic rings. The Morgan fingerprint density at radius 2 is 1.74 bits per heavy atom. The molecule has 2 saturated heterocycles. The first-order valence-electron chi connectivity index (χ1n) is 14.0. The predicted octanol–water partition coefficient (Wildman–Crippen LogP) is 3.59. The van der Waals surface area contributed by atoms with Gasteiger partial charge in [-0.1, -0.05) is 6.07 Å². The molecule has 1 N–H and O–H groups in total. The lowest BCUT2D eigenvalue weighted by atomic mass is 10.1. The lowest BCUT2D eigenvalue weighted by Gasteiger charge is -2.37. The summed E-state index contributed by atoms with van der Waals surface area (Å²) in [5.74, 6) is -2.02. The van der Waals surface area contributed by atoms with Gasteiger partial charge < -0.3 is 14.4 Å². The number of piperazine rings is 1. The number of ether oxygens (including phenoxy) is 2. The predicted molar refractivity (Wildman–Crippen MR) is 156 cm³/mol.